The van der Waals surface area contributed by atoms with Crippen LogP contribution in [0.25, 0.3) is 0 Å². The highest BCUT2D eigenvalue weighted by atomic mass is 16.6. The molecule has 1 aliphatic heterocycles. The normalized spacial score (nSPS) is 28.3. The minimum atomic E-state index is -1.05. The molecule has 3 N–H and O–H groups in total. The predicted octanol–water partition coefficient (Wildman–Crippen LogP) is 1.01. The summed E-state index contributed by atoms with van der Waals surface area (Å²) in [7, 11) is 0. The van der Waals surface area contributed by atoms with Crippen molar-refractivity contribution < 1.29 is 24.8 Å². The Labute approximate surface area is 121 Å². The van der Waals surface area contributed by atoms with Crippen LogP contribution in [0.1, 0.15) is 39.0 Å². The molecule has 0 aliphatic carbocycles. The van der Waals surface area contributed by atoms with E-state index >= 15 is 0 Å². The maximum atomic E-state index is 9.92. The molecule has 0 radical (unpaired) electrons. The van der Waals surface area contributed by atoms with Crippen molar-refractivity contribution in [3.63, 3.8) is 0 Å². The Morgan fingerprint density at radius 3 is 2.75 bits per heavy atom. The van der Waals surface area contributed by atoms with Crippen LogP contribution in [0.4, 0.5) is 0 Å². The van der Waals surface area contributed by atoms with Crippen molar-refractivity contribution in [1.82, 2.24) is 0 Å². The molecule has 0 bridgehead atoms. The van der Waals surface area contributed by atoms with Gasteiger partial charge in [0.1, 0.15) is 24.4 Å². The Balaban J connectivity index is 2.05. The maximum Gasteiger partial charge on any atom is 0.114 e. The fourth-order valence-corrected chi connectivity index (χ4v) is 2.32. The standard InChI is InChI=1S/C15H28O5/c1-2-3-4-5-6-7-8-9-19-13-11-20-15(14(13)18)12(17)10-16/h2-3,12-18H,4-11H2,1H3/b3-2+/t12-,13+,14-,15-/m0/s1. The third-order valence-corrected chi connectivity index (χ3v) is 3.57. The van der Waals surface area contributed by atoms with Gasteiger partial charge in [-0.2, -0.15) is 0 Å². The number of aliphatic hydroxyl groups is 3. The Hall–Kier alpha value is -0.460. The van der Waals surface area contributed by atoms with Gasteiger partial charge in [0.05, 0.1) is 13.2 Å². The van der Waals surface area contributed by atoms with E-state index in [0.717, 1.165) is 19.3 Å². The lowest BCUT2D eigenvalue weighted by Crippen LogP contribution is -2.41. The largest absolute Gasteiger partial charge is 0.394 e. The summed E-state index contributed by atoms with van der Waals surface area (Å²) in [5.41, 5.74) is 0. The monoisotopic (exact) mass is 288 g/mol. The van der Waals surface area contributed by atoms with E-state index in [9.17, 15) is 10.2 Å². The summed E-state index contributed by atoms with van der Waals surface area (Å²) >= 11 is 0. The van der Waals surface area contributed by atoms with Crippen LogP contribution in [0.15, 0.2) is 12.2 Å². The van der Waals surface area contributed by atoms with Crippen LogP contribution in [-0.4, -0.2) is 59.6 Å². The number of aliphatic hydroxyl groups excluding tert-OH is 3. The van der Waals surface area contributed by atoms with Gasteiger partial charge in [0.2, 0.25) is 0 Å². The average Bonchev–Trinajstić information content (AvgIpc) is 2.82. The molecule has 5 heteroatoms. The van der Waals surface area contributed by atoms with Crippen LogP contribution in [0.3, 0.4) is 0 Å². The minimum absolute atomic E-state index is 0.268. The van der Waals surface area contributed by atoms with Crippen molar-refractivity contribution in [2.45, 2.75) is 63.4 Å². The maximum absolute atomic E-state index is 9.92. The second kappa shape index (κ2) is 10.3. The molecule has 5 nitrogen and oxygen atoms in total. The molecular formula is C15H28O5. The van der Waals surface area contributed by atoms with E-state index in [1.165, 1.54) is 12.8 Å². The minimum Gasteiger partial charge on any atom is -0.394 e. The second-order valence-electron chi connectivity index (χ2n) is 5.22. The van der Waals surface area contributed by atoms with Gasteiger partial charge in [0, 0.05) is 6.61 Å². The van der Waals surface area contributed by atoms with Gasteiger partial charge in [0.15, 0.2) is 0 Å². The van der Waals surface area contributed by atoms with Crippen LogP contribution in [0, 0.1) is 0 Å². The number of hydrogen-bond acceptors (Lipinski definition) is 5. The van der Waals surface area contributed by atoms with Crippen LogP contribution >= 0.6 is 0 Å². The molecule has 0 aromatic carbocycles. The molecule has 118 valence electrons. The predicted molar refractivity (Wildman–Crippen MR) is 76.5 cm³/mol. The summed E-state index contributed by atoms with van der Waals surface area (Å²) < 4.78 is 10.8. The third kappa shape index (κ3) is 5.89. The van der Waals surface area contributed by atoms with Gasteiger partial charge >= 0.3 is 0 Å². The lowest BCUT2D eigenvalue weighted by atomic mass is 10.1. The number of unbranched alkanes of at least 4 members (excludes halogenated alkanes) is 4. The van der Waals surface area contributed by atoms with Gasteiger partial charge in [0.25, 0.3) is 0 Å². The molecule has 0 unspecified atom stereocenters. The third-order valence-electron chi connectivity index (χ3n) is 3.57. The van der Waals surface area contributed by atoms with Gasteiger partial charge in [-0.3, -0.25) is 0 Å². The van der Waals surface area contributed by atoms with E-state index in [2.05, 4.69) is 12.2 Å². The molecule has 0 saturated carbocycles. The van der Waals surface area contributed by atoms with E-state index in [4.69, 9.17) is 14.6 Å². The van der Waals surface area contributed by atoms with Crippen molar-refractivity contribution in [2.24, 2.45) is 0 Å². The van der Waals surface area contributed by atoms with Crippen molar-refractivity contribution in [2.75, 3.05) is 19.8 Å². The molecule has 0 amide bonds. The highest BCUT2D eigenvalue weighted by molar-refractivity contribution is 4.88. The van der Waals surface area contributed by atoms with Crippen LogP contribution < -0.4 is 0 Å². The van der Waals surface area contributed by atoms with Gasteiger partial charge in [-0.15, -0.1) is 0 Å². The molecule has 20 heavy (non-hydrogen) atoms. The number of ether oxygens (including phenoxy) is 2. The molecular weight excluding hydrogens is 260 g/mol. The van der Waals surface area contributed by atoms with Crippen molar-refractivity contribution in [3.8, 4) is 0 Å². The van der Waals surface area contributed by atoms with Crippen LogP contribution in [-0.2, 0) is 9.47 Å². The lowest BCUT2D eigenvalue weighted by Gasteiger charge is -2.20. The van der Waals surface area contributed by atoms with Gasteiger partial charge < -0.3 is 24.8 Å². The first-order valence-electron chi connectivity index (χ1n) is 7.52. The molecule has 1 fully saturated rings. The summed E-state index contributed by atoms with van der Waals surface area (Å²) in [4.78, 5) is 0. The molecule has 0 aromatic heterocycles. The van der Waals surface area contributed by atoms with E-state index in [-0.39, 0.29) is 6.61 Å². The Morgan fingerprint density at radius 1 is 1.30 bits per heavy atom. The molecule has 1 rings (SSSR count). The summed E-state index contributed by atoms with van der Waals surface area (Å²) in [6, 6.07) is 0. The van der Waals surface area contributed by atoms with E-state index in [1.54, 1.807) is 0 Å². The van der Waals surface area contributed by atoms with Gasteiger partial charge in [-0.1, -0.05) is 25.0 Å². The van der Waals surface area contributed by atoms with E-state index in [0.29, 0.717) is 6.61 Å². The van der Waals surface area contributed by atoms with Crippen molar-refractivity contribution in [1.29, 1.82) is 0 Å². The van der Waals surface area contributed by atoms with Crippen LogP contribution in [0.5, 0.6) is 0 Å². The molecule has 4 atom stereocenters. The summed E-state index contributed by atoms with van der Waals surface area (Å²) in [6.07, 6.45) is 6.78. The fourth-order valence-electron chi connectivity index (χ4n) is 2.32. The first kappa shape index (κ1) is 17.6. The topological polar surface area (TPSA) is 79.2 Å². The summed E-state index contributed by atoms with van der Waals surface area (Å²) in [5, 5.41) is 28.2. The number of rotatable bonds is 10. The van der Waals surface area contributed by atoms with Crippen molar-refractivity contribution in [3.05, 3.63) is 12.2 Å². The zero-order valence-corrected chi connectivity index (χ0v) is 12.3. The van der Waals surface area contributed by atoms with E-state index in [1.807, 2.05) is 6.92 Å². The molecule has 1 aliphatic rings. The summed E-state index contributed by atoms with van der Waals surface area (Å²) in [5.74, 6) is 0. The number of hydrogen-bond donors (Lipinski definition) is 3. The average molecular weight is 288 g/mol. The lowest BCUT2D eigenvalue weighted by molar-refractivity contribution is -0.0730. The quantitative estimate of drug-likeness (QED) is 0.413. The first-order chi connectivity index (χ1) is 9.70. The molecule has 0 spiro atoms. The summed E-state index contributed by atoms with van der Waals surface area (Å²) in [6.45, 7) is 2.48. The molecule has 1 saturated heterocycles. The molecule has 0 aromatic rings. The zero-order valence-electron chi connectivity index (χ0n) is 12.3. The number of allylic oxidation sites excluding steroid dienone is 2. The smallest absolute Gasteiger partial charge is 0.114 e. The van der Waals surface area contributed by atoms with Crippen LogP contribution in [0.2, 0.25) is 0 Å². The zero-order chi connectivity index (χ0) is 14.8. The van der Waals surface area contributed by atoms with E-state index < -0.39 is 31.0 Å². The first-order valence-corrected chi connectivity index (χ1v) is 7.52. The fraction of sp³-hybridized carbons (Fsp3) is 0.867. The SMILES string of the molecule is C/C=C/CCCCCCO[C@@H]1CO[C@@H]([C@@H](O)CO)[C@H]1O. The molecule has 1 heterocycles. The Morgan fingerprint density at radius 2 is 2.05 bits per heavy atom. The highest BCUT2D eigenvalue weighted by Gasteiger charge is 2.40. The Kier molecular flexibility index (Phi) is 9.05. The Bertz CT molecular complexity index is 269. The van der Waals surface area contributed by atoms with Crippen molar-refractivity contribution >= 4 is 0 Å². The van der Waals surface area contributed by atoms with Gasteiger partial charge in [-0.25, -0.2) is 0 Å². The second-order valence-corrected chi connectivity index (χ2v) is 5.22. The van der Waals surface area contributed by atoms with Gasteiger partial charge in [-0.05, 0) is 26.2 Å². The highest BCUT2D eigenvalue weighted by Crippen LogP contribution is 2.20.